The maximum absolute atomic E-state index is 13.0. The van der Waals surface area contributed by atoms with E-state index >= 15 is 0 Å². The van der Waals surface area contributed by atoms with Gasteiger partial charge in [-0.05, 0) is 27.1 Å². The molecule has 33 heavy (non-hydrogen) atoms. The van der Waals surface area contributed by atoms with Gasteiger partial charge in [-0.2, -0.15) is 0 Å². The topological polar surface area (TPSA) is 78.0 Å². The smallest absolute Gasteiger partial charge is 0.231 e. The molecule has 0 bridgehead atoms. The summed E-state index contributed by atoms with van der Waals surface area (Å²) in [6.45, 7) is 6.14. The van der Waals surface area contributed by atoms with Gasteiger partial charge in [-0.1, -0.05) is 41.7 Å². The Morgan fingerprint density at radius 3 is 2.73 bits per heavy atom. The summed E-state index contributed by atoms with van der Waals surface area (Å²) in [6.07, 6.45) is 1.18. The van der Waals surface area contributed by atoms with Gasteiger partial charge < -0.3 is 19.9 Å². The van der Waals surface area contributed by atoms with Crippen molar-refractivity contribution in [2.75, 3.05) is 65.3 Å². The van der Waals surface area contributed by atoms with E-state index in [4.69, 9.17) is 9.72 Å². The van der Waals surface area contributed by atoms with Crippen LogP contribution in [0.3, 0.4) is 0 Å². The maximum Gasteiger partial charge on any atom is 0.231 e. The van der Waals surface area contributed by atoms with Crippen LogP contribution in [0, 0.1) is 5.92 Å². The first kappa shape index (κ1) is 23.8. The van der Waals surface area contributed by atoms with Gasteiger partial charge in [0.05, 0.1) is 24.8 Å². The van der Waals surface area contributed by atoms with E-state index in [0.29, 0.717) is 18.2 Å². The van der Waals surface area contributed by atoms with Gasteiger partial charge in [-0.25, -0.2) is 4.98 Å². The van der Waals surface area contributed by atoms with E-state index in [2.05, 4.69) is 15.1 Å². The number of amides is 2. The summed E-state index contributed by atoms with van der Waals surface area (Å²) in [5, 5.41) is 3.60. The maximum atomic E-state index is 13.0. The third-order valence-electron chi connectivity index (χ3n) is 6.06. The van der Waals surface area contributed by atoms with Crippen molar-refractivity contribution in [3.05, 3.63) is 35.2 Å². The number of likely N-dealkylation sites (tertiary alicyclic amines) is 1. The lowest BCUT2D eigenvalue weighted by Gasteiger charge is -2.26. The first-order valence-corrected chi connectivity index (χ1v) is 12.4. The van der Waals surface area contributed by atoms with Crippen molar-refractivity contribution in [1.82, 2.24) is 19.7 Å². The minimum atomic E-state index is -0.330. The third-order valence-corrected chi connectivity index (χ3v) is 7.02. The molecule has 0 saturated carbocycles. The predicted octanol–water partition coefficient (Wildman–Crippen LogP) is 2.38. The highest BCUT2D eigenvalue weighted by molar-refractivity contribution is 7.16. The molecule has 3 heterocycles. The minimum absolute atomic E-state index is 0.0611. The lowest BCUT2D eigenvalue weighted by molar-refractivity contribution is -0.128. The number of aromatic nitrogens is 1. The number of hydrogen-bond donors (Lipinski definition) is 1. The first-order valence-electron chi connectivity index (χ1n) is 11.6. The van der Waals surface area contributed by atoms with Crippen molar-refractivity contribution in [2.24, 2.45) is 5.92 Å². The van der Waals surface area contributed by atoms with Crippen molar-refractivity contribution in [3.63, 3.8) is 0 Å². The van der Waals surface area contributed by atoms with Crippen LogP contribution in [0.4, 0.5) is 5.13 Å². The third kappa shape index (κ3) is 6.38. The largest absolute Gasteiger partial charge is 0.379 e. The fraction of sp³-hybridized carbons (Fsp3) is 0.542. The summed E-state index contributed by atoms with van der Waals surface area (Å²) in [5.74, 6) is -0.389. The Balaban J connectivity index is 1.43. The second-order valence-corrected chi connectivity index (χ2v) is 10.0. The molecule has 8 nitrogen and oxygen atoms in total. The average molecular weight is 472 g/mol. The summed E-state index contributed by atoms with van der Waals surface area (Å²) < 4.78 is 5.48. The normalized spacial score (nSPS) is 19.4. The summed E-state index contributed by atoms with van der Waals surface area (Å²) >= 11 is 1.52. The van der Waals surface area contributed by atoms with Crippen LogP contribution in [0.5, 0.6) is 0 Å². The number of anilines is 1. The van der Waals surface area contributed by atoms with E-state index in [9.17, 15) is 9.59 Å². The molecule has 1 N–H and O–H groups in total. The van der Waals surface area contributed by atoms with Gasteiger partial charge in [0.1, 0.15) is 0 Å². The van der Waals surface area contributed by atoms with Gasteiger partial charge >= 0.3 is 0 Å². The number of morpholine rings is 1. The van der Waals surface area contributed by atoms with E-state index in [1.54, 1.807) is 0 Å². The SMILES string of the molecule is CN(C)CCCN1CC(C(=O)Nc2nc(-c3ccccc3)c(CN3CCOCC3)s2)CC1=O. The van der Waals surface area contributed by atoms with E-state index in [1.807, 2.05) is 49.3 Å². The van der Waals surface area contributed by atoms with Gasteiger partial charge in [-0.15, -0.1) is 0 Å². The number of nitrogens with zero attached hydrogens (tertiary/aromatic N) is 4. The summed E-state index contributed by atoms with van der Waals surface area (Å²) in [7, 11) is 4.04. The monoisotopic (exact) mass is 471 g/mol. The number of hydrogen-bond acceptors (Lipinski definition) is 7. The molecule has 2 amide bonds. The molecule has 1 atom stereocenters. The Bertz CT molecular complexity index is 943. The highest BCUT2D eigenvalue weighted by Gasteiger charge is 2.34. The molecule has 9 heteroatoms. The summed E-state index contributed by atoms with van der Waals surface area (Å²) in [4.78, 5) is 37.6. The number of thiazole rings is 1. The Morgan fingerprint density at radius 2 is 2.00 bits per heavy atom. The number of carbonyl (C=O) groups is 2. The molecule has 0 spiro atoms. The molecule has 4 rings (SSSR count). The minimum Gasteiger partial charge on any atom is -0.379 e. The van der Waals surface area contributed by atoms with E-state index in [1.165, 1.54) is 11.3 Å². The zero-order valence-electron chi connectivity index (χ0n) is 19.5. The highest BCUT2D eigenvalue weighted by atomic mass is 32.1. The number of ether oxygens (including phenoxy) is 1. The quantitative estimate of drug-likeness (QED) is 0.605. The van der Waals surface area contributed by atoms with Crippen LogP contribution in [0.15, 0.2) is 30.3 Å². The molecule has 2 aliphatic rings. The Morgan fingerprint density at radius 1 is 1.24 bits per heavy atom. The second-order valence-electron chi connectivity index (χ2n) is 8.93. The molecule has 2 saturated heterocycles. The van der Waals surface area contributed by atoms with Crippen LogP contribution in [-0.2, 0) is 20.9 Å². The van der Waals surface area contributed by atoms with Gasteiger partial charge in [-0.3, -0.25) is 14.5 Å². The van der Waals surface area contributed by atoms with Crippen molar-refractivity contribution < 1.29 is 14.3 Å². The summed E-state index contributed by atoms with van der Waals surface area (Å²) in [5.41, 5.74) is 1.95. The number of rotatable bonds is 9. The van der Waals surface area contributed by atoms with Crippen molar-refractivity contribution in [3.8, 4) is 11.3 Å². The van der Waals surface area contributed by atoms with E-state index < -0.39 is 0 Å². The zero-order valence-corrected chi connectivity index (χ0v) is 20.3. The molecule has 2 aromatic rings. The molecule has 0 radical (unpaired) electrons. The fourth-order valence-corrected chi connectivity index (χ4v) is 5.27. The molecule has 1 aromatic heterocycles. The van der Waals surface area contributed by atoms with Crippen LogP contribution < -0.4 is 5.32 Å². The first-order chi connectivity index (χ1) is 16.0. The lowest BCUT2D eigenvalue weighted by Crippen LogP contribution is -2.35. The van der Waals surface area contributed by atoms with Crippen LogP contribution in [-0.4, -0.2) is 91.5 Å². The molecule has 1 aromatic carbocycles. The fourth-order valence-electron chi connectivity index (χ4n) is 4.25. The highest BCUT2D eigenvalue weighted by Crippen LogP contribution is 2.33. The lowest BCUT2D eigenvalue weighted by atomic mass is 10.1. The van der Waals surface area contributed by atoms with Gasteiger partial charge in [0.25, 0.3) is 0 Å². The standard InChI is InChI=1S/C24H33N5O3S/c1-27(2)9-6-10-29-16-19(15-21(29)30)23(31)26-24-25-22(18-7-4-3-5-8-18)20(33-24)17-28-11-13-32-14-12-28/h3-5,7-8,19H,6,9-17H2,1-2H3,(H,25,26,31). The van der Waals surface area contributed by atoms with E-state index in [-0.39, 0.29) is 24.2 Å². The molecule has 0 aliphatic carbocycles. The summed E-state index contributed by atoms with van der Waals surface area (Å²) in [6, 6.07) is 10.1. The van der Waals surface area contributed by atoms with Crippen LogP contribution in [0.2, 0.25) is 0 Å². The predicted molar refractivity (Wildman–Crippen MR) is 130 cm³/mol. The molecule has 178 valence electrons. The van der Waals surface area contributed by atoms with Crippen LogP contribution in [0.25, 0.3) is 11.3 Å². The molecule has 1 unspecified atom stereocenters. The van der Waals surface area contributed by atoms with Gasteiger partial charge in [0.15, 0.2) is 5.13 Å². The molecular weight excluding hydrogens is 438 g/mol. The van der Waals surface area contributed by atoms with Crippen LogP contribution in [0.1, 0.15) is 17.7 Å². The van der Waals surface area contributed by atoms with Crippen molar-refractivity contribution in [1.29, 1.82) is 0 Å². The number of benzene rings is 1. The van der Waals surface area contributed by atoms with Gasteiger partial charge in [0, 0.05) is 49.6 Å². The number of carbonyl (C=O) groups excluding carboxylic acids is 2. The van der Waals surface area contributed by atoms with E-state index in [0.717, 1.165) is 61.9 Å². The van der Waals surface area contributed by atoms with Crippen molar-refractivity contribution in [2.45, 2.75) is 19.4 Å². The molecule has 2 aliphatic heterocycles. The Hall–Kier alpha value is -2.33. The van der Waals surface area contributed by atoms with Crippen LogP contribution >= 0.6 is 11.3 Å². The number of nitrogens with one attached hydrogen (secondary N) is 1. The van der Waals surface area contributed by atoms with Gasteiger partial charge in [0.2, 0.25) is 11.8 Å². The van der Waals surface area contributed by atoms with Crippen molar-refractivity contribution >= 4 is 28.3 Å². The Kier molecular flexibility index (Phi) is 8.08. The zero-order chi connectivity index (χ0) is 23.2. The Labute approximate surface area is 199 Å². The average Bonchev–Trinajstić information content (AvgIpc) is 3.38. The molecule has 2 fully saturated rings. The second kappa shape index (κ2) is 11.2. The molecular formula is C24H33N5O3S.